The maximum atomic E-state index is 13.4. The van der Waals surface area contributed by atoms with Gasteiger partial charge in [0.1, 0.15) is 11.8 Å². The molecule has 1 fully saturated rings. The van der Waals surface area contributed by atoms with E-state index in [4.69, 9.17) is 8.83 Å². The number of carbonyl (C=O) groups is 1. The monoisotopic (exact) mass is 417 g/mol. The highest BCUT2D eigenvalue weighted by Gasteiger charge is 2.33. The number of furan rings is 1. The summed E-state index contributed by atoms with van der Waals surface area (Å²) in [6, 6.07) is 13.0. The Kier molecular flexibility index (Phi) is 5.35. The van der Waals surface area contributed by atoms with Crippen molar-refractivity contribution in [1.82, 2.24) is 24.6 Å². The molecule has 1 aliphatic heterocycles. The summed E-state index contributed by atoms with van der Waals surface area (Å²) in [5.41, 5.74) is 0.864. The molecular formula is C23H23N5O3. The van der Waals surface area contributed by atoms with Crippen molar-refractivity contribution in [2.24, 2.45) is 0 Å². The number of hydrogen-bond acceptors (Lipinski definition) is 6. The van der Waals surface area contributed by atoms with Crippen LogP contribution in [0.5, 0.6) is 0 Å². The van der Waals surface area contributed by atoms with Crippen LogP contribution in [0.15, 0.2) is 70.0 Å². The standard InChI is InChI=1S/C23H23N5O3/c29-23(20-11-10-18(30-20)15-27-14-12-24-16-27)28-13-6-2-5-9-19(28)22-26-25-21(31-22)17-7-3-1-4-8-17/h1,3-4,7-8,10-12,14,16,19H,2,5-6,9,13,15H2. The third kappa shape index (κ3) is 4.14. The Hall–Kier alpha value is -3.68. The maximum Gasteiger partial charge on any atom is 0.290 e. The van der Waals surface area contributed by atoms with E-state index < -0.39 is 0 Å². The minimum atomic E-state index is -0.262. The number of nitrogens with zero attached hydrogens (tertiary/aromatic N) is 5. The molecule has 0 saturated carbocycles. The molecule has 1 aromatic carbocycles. The van der Waals surface area contributed by atoms with Gasteiger partial charge in [0.25, 0.3) is 5.91 Å². The van der Waals surface area contributed by atoms with Crippen molar-refractivity contribution in [3.8, 4) is 11.5 Å². The lowest BCUT2D eigenvalue weighted by molar-refractivity contribution is 0.0618. The molecule has 158 valence electrons. The number of aromatic nitrogens is 4. The average Bonchev–Trinajstić information content (AvgIpc) is 3.55. The van der Waals surface area contributed by atoms with E-state index in [9.17, 15) is 4.79 Å². The number of hydrogen-bond donors (Lipinski definition) is 0. The predicted molar refractivity (Wildman–Crippen MR) is 112 cm³/mol. The molecule has 4 heterocycles. The van der Waals surface area contributed by atoms with Gasteiger partial charge in [-0.3, -0.25) is 4.79 Å². The Morgan fingerprint density at radius 3 is 2.77 bits per heavy atom. The molecule has 0 N–H and O–H groups in total. The van der Waals surface area contributed by atoms with E-state index in [-0.39, 0.29) is 11.9 Å². The van der Waals surface area contributed by atoms with Gasteiger partial charge in [0, 0.05) is 24.5 Å². The van der Waals surface area contributed by atoms with E-state index in [0.717, 1.165) is 31.2 Å². The Morgan fingerprint density at radius 2 is 1.94 bits per heavy atom. The van der Waals surface area contributed by atoms with Crippen molar-refractivity contribution in [3.63, 3.8) is 0 Å². The summed E-state index contributed by atoms with van der Waals surface area (Å²) in [6.07, 6.45) is 9.06. The lowest BCUT2D eigenvalue weighted by atomic mass is 10.1. The Balaban J connectivity index is 1.38. The van der Waals surface area contributed by atoms with Crippen molar-refractivity contribution in [2.45, 2.75) is 38.3 Å². The van der Waals surface area contributed by atoms with Crippen LogP contribution in [-0.2, 0) is 6.54 Å². The van der Waals surface area contributed by atoms with Crippen molar-refractivity contribution in [2.75, 3.05) is 6.54 Å². The van der Waals surface area contributed by atoms with E-state index in [2.05, 4.69) is 15.2 Å². The molecule has 5 rings (SSSR count). The highest BCUT2D eigenvalue weighted by molar-refractivity contribution is 5.91. The van der Waals surface area contributed by atoms with Gasteiger partial charge < -0.3 is 18.3 Å². The topological polar surface area (TPSA) is 90.2 Å². The number of likely N-dealkylation sites (tertiary alicyclic amines) is 1. The zero-order valence-electron chi connectivity index (χ0n) is 17.1. The van der Waals surface area contributed by atoms with Crippen molar-refractivity contribution < 1.29 is 13.6 Å². The summed E-state index contributed by atoms with van der Waals surface area (Å²) in [7, 11) is 0. The number of carbonyl (C=O) groups excluding carboxylic acids is 1. The SMILES string of the molecule is O=C(c1ccc(Cn2ccnc2)o1)N1CCCCCC1c1nnc(-c2ccccc2)o1. The second-order valence-electron chi connectivity index (χ2n) is 7.68. The van der Waals surface area contributed by atoms with Crippen LogP contribution >= 0.6 is 0 Å². The number of imidazole rings is 1. The molecule has 8 nitrogen and oxygen atoms in total. The third-order valence-electron chi connectivity index (χ3n) is 5.53. The fraction of sp³-hybridized carbons (Fsp3) is 0.304. The van der Waals surface area contributed by atoms with Crippen LogP contribution in [0.2, 0.25) is 0 Å². The van der Waals surface area contributed by atoms with Crippen LogP contribution in [0.1, 0.15) is 53.9 Å². The summed E-state index contributed by atoms with van der Waals surface area (Å²) >= 11 is 0. The molecule has 8 heteroatoms. The first kappa shape index (κ1) is 19.3. The van der Waals surface area contributed by atoms with Gasteiger partial charge in [0.15, 0.2) is 5.76 Å². The molecule has 0 spiro atoms. The summed E-state index contributed by atoms with van der Waals surface area (Å²) in [6.45, 7) is 1.16. The summed E-state index contributed by atoms with van der Waals surface area (Å²) in [5.74, 6) is 1.82. The quantitative estimate of drug-likeness (QED) is 0.480. The zero-order chi connectivity index (χ0) is 21.0. The highest BCUT2D eigenvalue weighted by Crippen LogP contribution is 2.32. The van der Waals surface area contributed by atoms with Crippen LogP contribution in [0.3, 0.4) is 0 Å². The number of benzene rings is 1. The molecule has 1 saturated heterocycles. The molecule has 1 aliphatic rings. The molecule has 1 atom stereocenters. The van der Waals surface area contributed by atoms with Gasteiger partial charge in [-0.25, -0.2) is 4.98 Å². The van der Waals surface area contributed by atoms with Crippen LogP contribution in [0.25, 0.3) is 11.5 Å². The van der Waals surface area contributed by atoms with Crippen molar-refractivity contribution in [3.05, 3.63) is 78.6 Å². The average molecular weight is 417 g/mol. The smallest absolute Gasteiger partial charge is 0.290 e. The number of rotatable bonds is 5. The van der Waals surface area contributed by atoms with Gasteiger partial charge in [-0.1, -0.05) is 31.0 Å². The summed E-state index contributed by atoms with van der Waals surface area (Å²) in [4.78, 5) is 19.2. The summed E-state index contributed by atoms with van der Waals surface area (Å²) < 4.78 is 13.8. The van der Waals surface area contributed by atoms with E-state index in [0.29, 0.717) is 36.4 Å². The van der Waals surface area contributed by atoms with Gasteiger partial charge in [-0.05, 0) is 37.1 Å². The van der Waals surface area contributed by atoms with Crippen molar-refractivity contribution in [1.29, 1.82) is 0 Å². The van der Waals surface area contributed by atoms with Crippen molar-refractivity contribution >= 4 is 5.91 Å². The van der Waals surface area contributed by atoms with Gasteiger partial charge in [-0.2, -0.15) is 0 Å². The van der Waals surface area contributed by atoms with Gasteiger partial charge in [-0.15, -0.1) is 10.2 Å². The minimum Gasteiger partial charge on any atom is -0.454 e. The fourth-order valence-electron chi connectivity index (χ4n) is 3.95. The highest BCUT2D eigenvalue weighted by atomic mass is 16.4. The molecule has 1 unspecified atom stereocenters. The lowest BCUT2D eigenvalue weighted by Gasteiger charge is -2.26. The molecule has 0 aliphatic carbocycles. The van der Waals surface area contributed by atoms with Crippen LogP contribution < -0.4 is 0 Å². The number of amides is 1. The first-order chi connectivity index (χ1) is 15.3. The van der Waals surface area contributed by atoms with Gasteiger partial charge in [0.2, 0.25) is 11.8 Å². The molecule has 1 amide bonds. The van der Waals surface area contributed by atoms with E-state index in [1.54, 1.807) is 18.6 Å². The largest absolute Gasteiger partial charge is 0.454 e. The first-order valence-corrected chi connectivity index (χ1v) is 10.5. The second kappa shape index (κ2) is 8.59. The van der Waals surface area contributed by atoms with E-state index in [1.807, 2.05) is 52.1 Å². The Morgan fingerprint density at radius 1 is 1.03 bits per heavy atom. The molecule has 31 heavy (non-hydrogen) atoms. The van der Waals surface area contributed by atoms with Gasteiger partial charge >= 0.3 is 0 Å². The van der Waals surface area contributed by atoms with Crippen LogP contribution in [-0.4, -0.2) is 37.1 Å². The normalized spacial score (nSPS) is 16.9. The van der Waals surface area contributed by atoms with Crippen LogP contribution in [0.4, 0.5) is 0 Å². The molecule has 0 radical (unpaired) electrons. The summed E-state index contributed by atoms with van der Waals surface area (Å²) in [5, 5.41) is 8.51. The predicted octanol–water partition coefficient (Wildman–Crippen LogP) is 4.33. The van der Waals surface area contributed by atoms with E-state index >= 15 is 0 Å². The molecule has 4 aromatic rings. The molecular weight excluding hydrogens is 394 g/mol. The fourth-order valence-corrected chi connectivity index (χ4v) is 3.95. The zero-order valence-corrected chi connectivity index (χ0v) is 17.1. The molecule has 3 aromatic heterocycles. The van der Waals surface area contributed by atoms with E-state index in [1.165, 1.54) is 0 Å². The third-order valence-corrected chi connectivity index (χ3v) is 5.53. The first-order valence-electron chi connectivity index (χ1n) is 10.5. The molecule has 0 bridgehead atoms. The van der Waals surface area contributed by atoms with Gasteiger partial charge in [0.05, 0.1) is 12.9 Å². The second-order valence-corrected chi connectivity index (χ2v) is 7.68. The Labute approximate surface area is 179 Å². The minimum absolute atomic E-state index is 0.150. The van der Waals surface area contributed by atoms with Crippen LogP contribution in [0, 0.1) is 0 Å². The Bertz CT molecular complexity index is 1130. The lowest BCUT2D eigenvalue weighted by Crippen LogP contribution is -2.34. The maximum absolute atomic E-state index is 13.4.